The fraction of sp³-hybridized carbons (Fsp3) is 0.111. The summed E-state index contributed by atoms with van der Waals surface area (Å²) in [5.41, 5.74) is -0.382. The second-order valence-corrected chi connectivity index (χ2v) is 4.04. The van der Waals surface area contributed by atoms with Crippen molar-refractivity contribution in [3.63, 3.8) is 0 Å². The quantitative estimate of drug-likeness (QED) is 0.784. The summed E-state index contributed by atoms with van der Waals surface area (Å²) in [6.45, 7) is 1.79. The van der Waals surface area contributed by atoms with Gasteiger partial charge in [-0.1, -0.05) is 0 Å². The van der Waals surface area contributed by atoms with E-state index >= 15 is 0 Å². The largest absolute Gasteiger partial charge is 0.492 e. The van der Waals surface area contributed by atoms with Gasteiger partial charge in [-0.2, -0.15) is 4.98 Å². The molecular formula is C9H7IN2O3. The minimum Gasteiger partial charge on any atom is -0.492 e. The number of H-pyrrole nitrogens is 1. The number of aromatic amines is 1. The first kappa shape index (κ1) is 10.2. The summed E-state index contributed by atoms with van der Waals surface area (Å²) in [6.07, 6.45) is 0. The summed E-state index contributed by atoms with van der Waals surface area (Å²) in [5, 5.41) is 9.37. The number of aryl methyl sites for hydroxylation is 1. The standard InChI is InChI=1S/C9H7IN2O3/c1-4-2-3-5(15-4)7-11-8(13)6(10)9(14)12-7/h2-3H,1H3,(H2,11,12,13,14). The van der Waals surface area contributed by atoms with Crippen LogP contribution in [0.1, 0.15) is 5.76 Å². The highest BCUT2D eigenvalue weighted by molar-refractivity contribution is 14.1. The highest BCUT2D eigenvalue weighted by Crippen LogP contribution is 2.20. The van der Waals surface area contributed by atoms with E-state index in [2.05, 4.69) is 9.97 Å². The van der Waals surface area contributed by atoms with E-state index in [9.17, 15) is 9.90 Å². The van der Waals surface area contributed by atoms with E-state index in [-0.39, 0.29) is 20.8 Å². The van der Waals surface area contributed by atoms with Gasteiger partial charge >= 0.3 is 0 Å². The third-order valence-electron chi connectivity index (χ3n) is 1.82. The third kappa shape index (κ3) is 1.89. The van der Waals surface area contributed by atoms with Crippen LogP contribution in [0.15, 0.2) is 21.3 Å². The molecule has 6 heteroatoms. The lowest BCUT2D eigenvalue weighted by molar-refractivity contribution is 0.445. The molecule has 0 fully saturated rings. The predicted molar refractivity (Wildman–Crippen MR) is 61.7 cm³/mol. The van der Waals surface area contributed by atoms with E-state index in [1.54, 1.807) is 41.6 Å². The topological polar surface area (TPSA) is 79.1 Å². The monoisotopic (exact) mass is 318 g/mol. The SMILES string of the molecule is Cc1ccc(-c2nc(O)c(I)c(=O)[nH]2)o1. The first-order valence-corrected chi connectivity index (χ1v) is 5.21. The van der Waals surface area contributed by atoms with E-state index in [1.807, 2.05) is 0 Å². The van der Waals surface area contributed by atoms with Gasteiger partial charge in [-0.3, -0.25) is 4.79 Å². The van der Waals surface area contributed by atoms with Crippen LogP contribution >= 0.6 is 22.6 Å². The van der Waals surface area contributed by atoms with Gasteiger partial charge in [-0.05, 0) is 41.6 Å². The Morgan fingerprint density at radius 1 is 1.53 bits per heavy atom. The lowest BCUT2D eigenvalue weighted by atomic mass is 10.4. The first-order valence-electron chi connectivity index (χ1n) is 4.13. The maximum Gasteiger partial charge on any atom is 0.268 e. The minimum atomic E-state index is -0.382. The van der Waals surface area contributed by atoms with E-state index in [0.29, 0.717) is 11.5 Å². The van der Waals surface area contributed by atoms with Crippen LogP contribution in [0.2, 0.25) is 0 Å². The Morgan fingerprint density at radius 3 is 2.80 bits per heavy atom. The van der Waals surface area contributed by atoms with Crippen molar-refractivity contribution in [1.82, 2.24) is 9.97 Å². The molecule has 0 bridgehead atoms. The molecule has 0 amide bonds. The van der Waals surface area contributed by atoms with E-state index in [1.165, 1.54) is 0 Å². The Bertz CT molecular complexity index is 559. The molecule has 0 saturated carbocycles. The van der Waals surface area contributed by atoms with Gasteiger partial charge in [0, 0.05) is 0 Å². The molecular weight excluding hydrogens is 311 g/mol. The molecule has 15 heavy (non-hydrogen) atoms. The van der Waals surface area contributed by atoms with Gasteiger partial charge in [-0.25, -0.2) is 0 Å². The van der Waals surface area contributed by atoms with Crippen molar-refractivity contribution in [1.29, 1.82) is 0 Å². The van der Waals surface area contributed by atoms with Gasteiger partial charge in [0.25, 0.3) is 5.56 Å². The van der Waals surface area contributed by atoms with Crippen molar-refractivity contribution in [3.05, 3.63) is 31.8 Å². The van der Waals surface area contributed by atoms with Crippen molar-refractivity contribution >= 4 is 22.6 Å². The molecule has 78 valence electrons. The van der Waals surface area contributed by atoms with Crippen LogP contribution in [0.3, 0.4) is 0 Å². The smallest absolute Gasteiger partial charge is 0.268 e. The highest BCUT2D eigenvalue weighted by Gasteiger charge is 2.11. The van der Waals surface area contributed by atoms with E-state index in [0.717, 1.165) is 0 Å². The number of furan rings is 1. The summed E-state index contributed by atoms with van der Waals surface area (Å²) in [7, 11) is 0. The average Bonchev–Trinajstić information content (AvgIpc) is 2.60. The second-order valence-electron chi connectivity index (χ2n) is 2.96. The van der Waals surface area contributed by atoms with Gasteiger partial charge in [0.1, 0.15) is 9.33 Å². The number of hydrogen-bond donors (Lipinski definition) is 2. The molecule has 0 aromatic carbocycles. The van der Waals surface area contributed by atoms with Gasteiger partial charge in [0.05, 0.1) is 0 Å². The van der Waals surface area contributed by atoms with Gasteiger partial charge in [0.15, 0.2) is 11.6 Å². The number of nitrogens with one attached hydrogen (secondary N) is 1. The van der Waals surface area contributed by atoms with Crippen LogP contribution in [0.25, 0.3) is 11.6 Å². The maximum absolute atomic E-state index is 11.3. The normalized spacial score (nSPS) is 10.5. The summed E-state index contributed by atoms with van der Waals surface area (Å²) in [4.78, 5) is 17.7. The number of hydrogen-bond acceptors (Lipinski definition) is 4. The van der Waals surface area contributed by atoms with Crippen LogP contribution in [0.4, 0.5) is 0 Å². The molecule has 0 spiro atoms. The first-order chi connectivity index (χ1) is 7.08. The summed E-state index contributed by atoms with van der Waals surface area (Å²) in [6, 6.07) is 3.43. The molecule has 2 aromatic rings. The van der Waals surface area contributed by atoms with Crippen molar-refractivity contribution in [2.24, 2.45) is 0 Å². The average molecular weight is 318 g/mol. The second kappa shape index (κ2) is 3.69. The summed E-state index contributed by atoms with van der Waals surface area (Å²) < 4.78 is 5.44. The Labute approximate surface area is 98.3 Å². The molecule has 2 N–H and O–H groups in total. The number of halogens is 1. The number of nitrogens with zero attached hydrogens (tertiary/aromatic N) is 1. The molecule has 0 aliphatic heterocycles. The molecule has 2 rings (SSSR count). The Kier molecular flexibility index (Phi) is 2.51. The predicted octanol–water partition coefficient (Wildman–Crippen LogP) is 1.65. The summed E-state index contributed by atoms with van der Waals surface area (Å²) >= 11 is 1.72. The maximum atomic E-state index is 11.3. The van der Waals surface area contributed by atoms with E-state index < -0.39 is 0 Å². The molecule has 5 nitrogen and oxygen atoms in total. The van der Waals surface area contributed by atoms with Gasteiger partial charge in [-0.15, -0.1) is 0 Å². The van der Waals surface area contributed by atoms with E-state index in [4.69, 9.17) is 4.42 Å². The highest BCUT2D eigenvalue weighted by atomic mass is 127. The van der Waals surface area contributed by atoms with Crippen LogP contribution in [-0.4, -0.2) is 15.1 Å². The Balaban J connectivity index is 2.60. The number of rotatable bonds is 1. The third-order valence-corrected chi connectivity index (χ3v) is 2.79. The van der Waals surface area contributed by atoms with Crippen molar-refractivity contribution < 1.29 is 9.52 Å². The molecule has 0 radical (unpaired) electrons. The molecule has 0 aliphatic carbocycles. The molecule has 2 aromatic heterocycles. The van der Waals surface area contributed by atoms with Crippen molar-refractivity contribution in [2.45, 2.75) is 6.92 Å². The van der Waals surface area contributed by atoms with Crippen molar-refractivity contribution in [3.8, 4) is 17.5 Å². The Morgan fingerprint density at radius 2 is 2.27 bits per heavy atom. The lowest BCUT2D eigenvalue weighted by Crippen LogP contribution is -2.12. The molecule has 0 saturated heterocycles. The summed E-state index contributed by atoms with van der Waals surface area (Å²) in [5.74, 6) is 1.08. The van der Waals surface area contributed by atoms with Crippen LogP contribution in [0, 0.1) is 10.5 Å². The Hall–Kier alpha value is -1.31. The fourth-order valence-electron chi connectivity index (χ4n) is 1.13. The molecule has 0 atom stereocenters. The van der Waals surface area contributed by atoms with Crippen molar-refractivity contribution in [2.75, 3.05) is 0 Å². The zero-order chi connectivity index (χ0) is 11.0. The molecule has 0 aliphatic rings. The zero-order valence-corrected chi connectivity index (χ0v) is 9.90. The van der Waals surface area contributed by atoms with Gasteiger partial charge in [0.2, 0.25) is 5.88 Å². The number of aromatic nitrogens is 2. The van der Waals surface area contributed by atoms with Crippen LogP contribution in [0.5, 0.6) is 5.88 Å². The van der Waals surface area contributed by atoms with Crippen LogP contribution < -0.4 is 5.56 Å². The number of aromatic hydroxyl groups is 1. The molecule has 0 unspecified atom stereocenters. The van der Waals surface area contributed by atoms with Gasteiger partial charge < -0.3 is 14.5 Å². The fourth-order valence-corrected chi connectivity index (χ4v) is 1.38. The molecule has 2 heterocycles. The lowest BCUT2D eigenvalue weighted by Gasteiger charge is -1.98. The van der Waals surface area contributed by atoms with Crippen LogP contribution in [-0.2, 0) is 0 Å². The minimum absolute atomic E-state index is 0.166. The zero-order valence-electron chi connectivity index (χ0n) is 7.74.